The van der Waals surface area contributed by atoms with Crippen LogP contribution in [0.3, 0.4) is 0 Å². The third kappa shape index (κ3) is 8.57. The van der Waals surface area contributed by atoms with E-state index in [4.69, 9.17) is 0 Å². The Bertz CT molecular complexity index is 1150. The zero-order chi connectivity index (χ0) is 29.0. The first-order valence-electron chi connectivity index (χ1n) is 17.3. The second kappa shape index (κ2) is 16.4. The smallest absolute Gasteiger partial charge is 0.0293 e. The third-order valence-electron chi connectivity index (χ3n) is 10.2. The zero-order valence-corrected chi connectivity index (χ0v) is 26.4. The van der Waals surface area contributed by atoms with E-state index in [1.54, 1.807) is 16.7 Å². The standard InChI is InChI=1S/C40H56N2/c1-3-4-5-6-7-8-9-10-17-33-25-27-37(39-20-14-13-19-38(33)39)31(2)22-23-35(40-21-15-28-41-40)30-42-36-26-24-32-16-11-12-18-34(32)29-36/h7-10,12,14-15,18,20-21,24-25,27,29,31,33,35-36,38,40-42H,3-6,11,13,16-17,19,22-23,26,28,30H2,1-2H3/b8-7+,10-9-. The lowest BCUT2D eigenvalue weighted by Gasteiger charge is -2.35. The van der Waals surface area contributed by atoms with Gasteiger partial charge in [-0.05, 0) is 110 Å². The van der Waals surface area contributed by atoms with E-state index in [2.05, 4.69) is 110 Å². The largest absolute Gasteiger partial charge is 0.310 e. The summed E-state index contributed by atoms with van der Waals surface area (Å²) < 4.78 is 0. The van der Waals surface area contributed by atoms with Crippen LogP contribution in [0.1, 0.15) is 90.9 Å². The van der Waals surface area contributed by atoms with Crippen molar-refractivity contribution in [2.75, 3.05) is 13.1 Å². The molecule has 4 aliphatic carbocycles. The minimum atomic E-state index is 0.457. The minimum absolute atomic E-state index is 0.457. The van der Waals surface area contributed by atoms with Gasteiger partial charge in [0, 0.05) is 25.2 Å². The Balaban J connectivity index is 1.16. The van der Waals surface area contributed by atoms with Gasteiger partial charge < -0.3 is 10.6 Å². The van der Waals surface area contributed by atoms with Crippen molar-refractivity contribution in [1.82, 2.24) is 10.6 Å². The Morgan fingerprint density at radius 3 is 2.79 bits per heavy atom. The SMILES string of the molecule is CCCCC/C=C/C=C\CC1C=CC(C(C)CCC(CNC2C=C3C=CCCC3=CC2)C2C=CCN2)=C2C=CCCC21. The molecular formula is C40H56N2. The first kappa shape index (κ1) is 31.0. The van der Waals surface area contributed by atoms with Crippen LogP contribution in [0.4, 0.5) is 0 Å². The summed E-state index contributed by atoms with van der Waals surface area (Å²) in [6.45, 7) is 6.83. The predicted octanol–water partition coefficient (Wildman–Crippen LogP) is 9.64. The monoisotopic (exact) mass is 564 g/mol. The third-order valence-corrected chi connectivity index (χ3v) is 10.2. The lowest BCUT2D eigenvalue weighted by atomic mass is 9.70. The van der Waals surface area contributed by atoms with Gasteiger partial charge in [0.1, 0.15) is 0 Å². The highest BCUT2D eigenvalue weighted by molar-refractivity contribution is 5.46. The number of unbranched alkanes of at least 4 members (excludes halogenated alkanes) is 3. The molecule has 0 fully saturated rings. The summed E-state index contributed by atoms with van der Waals surface area (Å²) in [5.41, 5.74) is 6.25. The maximum atomic E-state index is 3.95. The van der Waals surface area contributed by atoms with Gasteiger partial charge in [0.25, 0.3) is 0 Å². The van der Waals surface area contributed by atoms with Gasteiger partial charge in [0.2, 0.25) is 0 Å². The number of rotatable bonds is 15. The normalized spacial score (nSPS) is 28.3. The molecule has 226 valence electrons. The van der Waals surface area contributed by atoms with E-state index in [0.29, 0.717) is 35.8 Å². The quantitative estimate of drug-likeness (QED) is 0.118. The molecule has 0 spiro atoms. The molecule has 2 nitrogen and oxygen atoms in total. The van der Waals surface area contributed by atoms with Crippen LogP contribution in [-0.4, -0.2) is 25.2 Å². The molecule has 0 bridgehead atoms. The Kier molecular flexibility index (Phi) is 12.1. The topological polar surface area (TPSA) is 24.1 Å². The van der Waals surface area contributed by atoms with E-state index < -0.39 is 0 Å². The van der Waals surface area contributed by atoms with E-state index in [0.717, 1.165) is 25.9 Å². The molecular weight excluding hydrogens is 508 g/mol. The van der Waals surface area contributed by atoms with Crippen LogP contribution in [0.25, 0.3) is 0 Å². The molecule has 1 aliphatic heterocycles. The molecule has 1 heterocycles. The number of hydrogen-bond acceptors (Lipinski definition) is 2. The van der Waals surface area contributed by atoms with Gasteiger partial charge in [-0.1, -0.05) is 112 Å². The molecule has 0 aromatic rings. The van der Waals surface area contributed by atoms with Crippen LogP contribution in [0, 0.1) is 23.7 Å². The molecule has 2 N–H and O–H groups in total. The second-order valence-electron chi connectivity index (χ2n) is 13.3. The fraction of sp³-hybridized carbons (Fsp3) is 0.550. The fourth-order valence-electron chi connectivity index (χ4n) is 7.59. The maximum Gasteiger partial charge on any atom is 0.0293 e. The van der Waals surface area contributed by atoms with Crippen molar-refractivity contribution in [3.63, 3.8) is 0 Å². The van der Waals surface area contributed by atoms with E-state index in [9.17, 15) is 0 Å². The first-order valence-corrected chi connectivity index (χ1v) is 17.3. The van der Waals surface area contributed by atoms with Crippen LogP contribution in [0.5, 0.6) is 0 Å². The molecule has 0 saturated heterocycles. The highest BCUT2D eigenvalue weighted by Crippen LogP contribution is 2.42. The van der Waals surface area contributed by atoms with Crippen LogP contribution >= 0.6 is 0 Å². The molecule has 5 rings (SSSR count). The van der Waals surface area contributed by atoms with Crippen LogP contribution in [0.15, 0.2) is 107 Å². The van der Waals surface area contributed by atoms with Crippen LogP contribution in [0.2, 0.25) is 0 Å². The van der Waals surface area contributed by atoms with Crippen molar-refractivity contribution in [2.45, 2.75) is 103 Å². The van der Waals surface area contributed by atoms with E-state index >= 15 is 0 Å². The summed E-state index contributed by atoms with van der Waals surface area (Å²) in [5, 5.41) is 7.70. The summed E-state index contributed by atoms with van der Waals surface area (Å²) in [6.07, 6.45) is 48.4. The van der Waals surface area contributed by atoms with Gasteiger partial charge >= 0.3 is 0 Å². The van der Waals surface area contributed by atoms with Gasteiger partial charge in [-0.25, -0.2) is 0 Å². The first-order chi connectivity index (χ1) is 20.7. The predicted molar refractivity (Wildman–Crippen MR) is 182 cm³/mol. The molecule has 5 aliphatic rings. The van der Waals surface area contributed by atoms with E-state index in [1.807, 2.05) is 0 Å². The molecule has 0 saturated carbocycles. The van der Waals surface area contributed by atoms with E-state index in [-0.39, 0.29) is 0 Å². The fourth-order valence-corrected chi connectivity index (χ4v) is 7.59. The molecule has 0 aromatic heterocycles. The average molecular weight is 565 g/mol. The highest BCUT2D eigenvalue weighted by Gasteiger charge is 2.30. The number of hydrogen-bond donors (Lipinski definition) is 2. The van der Waals surface area contributed by atoms with Crippen molar-refractivity contribution < 1.29 is 0 Å². The van der Waals surface area contributed by atoms with E-state index in [1.165, 1.54) is 69.8 Å². The van der Waals surface area contributed by atoms with Gasteiger partial charge in [0.05, 0.1) is 0 Å². The molecule has 0 radical (unpaired) electrons. The van der Waals surface area contributed by atoms with Gasteiger partial charge in [0.15, 0.2) is 0 Å². The number of nitrogens with one attached hydrogen (secondary N) is 2. The summed E-state index contributed by atoms with van der Waals surface area (Å²) in [7, 11) is 0. The van der Waals surface area contributed by atoms with Crippen molar-refractivity contribution in [3.05, 3.63) is 107 Å². The molecule has 2 heteroatoms. The Labute approximate surface area is 257 Å². The van der Waals surface area contributed by atoms with Crippen LogP contribution in [-0.2, 0) is 0 Å². The van der Waals surface area contributed by atoms with Crippen molar-refractivity contribution in [1.29, 1.82) is 0 Å². The van der Waals surface area contributed by atoms with Crippen molar-refractivity contribution in [2.24, 2.45) is 23.7 Å². The molecule has 6 atom stereocenters. The number of fused-ring (bicyclic) bond motifs is 2. The van der Waals surface area contributed by atoms with Crippen LogP contribution < -0.4 is 10.6 Å². The lowest BCUT2D eigenvalue weighted by Crippen LogP contribution is -2.41. The molecule has 0 amide bonds. The zero-order valence-electron chi connectivity index (χ0n) is 26.4. The number of allylic oxidation sites excluding steroid dienone is 14. The summed E-state index contributed by atoms with van der Waals surface area (Å²) in [6, 6.07) is 0.944. The summed E-state index contributed by atoms with van der Waals surface area (Å²) in [4.78, 5) is 0. The maximum absolute atomic E-state index is 3.95. The van der Waals surface area contributed by atoms with Gasteiger partial charge in [-0.3, -0.25) is 0 Å². The lowest BCUT2D eigenvalue weighted by molar-refractivity contribution is 0.344. The van der Waals surface area contributed by atoms with Gasteiger partial charge in [-0.15, -0.1) is 0 Å². The minimum Gasteiger partial charge on any atom is -0.310 e. The Morgan fingerprint density at radius 1 is 1.00 bits per heavy atom. The second-order valence-corrected chi connectivity index (χ2v) is 13.3. The molecule has 6 unspecified atom stereocenters. The molecule has 42 heavy (non-hydrogen) atoms. The van der Waals surface area contributed by atoms with Gasteiger partial charge in [-0.2, -0.15) is 0 Å². The summed E-state index contributed by atoms with van der Waals surface area (Å²) >= 11 is 0. The van der Waals surface area contributed by atoms with Crippen molar-refractivity contribution >= 4 is 0 Å². The summed E-state index contributed by atoms with van der Waals surface area (Å²) in [5.74, 6) is 2.51. The molecule has 0 aromatic carbocycles. The van der Waals surface area contributed by atoms with Crippen molar-refractivity contribution in [3.8, 4) is 0 Å². The Morgan fingerprint density at radius 2 is 1.90 bits per heavy atom. The highest BCUT2D eigenvalue weighted by atomic mass is 15.0. The average Bonchev–Trinajstić information content (AvgIpc) is 3.57. The Hall–Kier alpha value is -2.42.